The van der Waals surface area contributed by atoms with Crippen LogP contribution in [0.1, 0.15) is 19.8 Å². The third kappa shape index (κ3) is 3.27. The van der Waals surface area contributed by atoms with Crippen LogP contribution in [0.2, 0.25) is 0 Å². The van der Waals surface area contributed by atoms with Crippen molar-refractivity contribution in [2.75, 3.05) is 24.5 Å². The van der Waals surface area contributed by atoms with Gasteiger partial charge < -0.3 is 10.2 Å². The zero-order valence-corrected chi connectivity index (χ0v) is 12.8. The highest BCUT2D eigenvalue weighted by atomic mass is 15.2. The van der Waals surface area contributed by atoms with Gasteiger partial charge in [-0.05, 0) is 31.0 Å². The van der Waals surface area contributed by atoms with Crippen LogP contribution < -0.4 is 10.2 Å². The molecule has 1 heterocycles. The van der Waals surface area contributed by atoms with E-state index in [-0.39, 0.29) is 0 Å². The summed E-state index contributed by atoms with van der Waals surface area (Å²) in [5, 5.41) is 3.65. The molecular formula is C19H24N2. The Morgan fingerprint density at radius 1 is 1.05 bits per heavy atom. The van der Waals surface area contributed by atoms with E-state index in [1.807, 2.05) is 0 Å². The Balaban J connectivity index is 1.94. The molecule has 2 heteroatoms. The van der Waals surface area contributed by atoms with E-state index < -0.39 is 0 Å². The van der Waals surface area contributed by atoms with Gasteiger partial charge in [-0.25, -0.2) is 0 Å². The van der Waals surface area contributed by atoms with Crippen molar-refractivity contribution in [2.45, 2.75) is 25.8 Å². The van der Waals surface area contributed by atoms with Crippen LogP contribution in [0.4, 0.5) is 5.69 Å². The minimum absolute atomic E-state index is 0.594. The summed E-state index contributed by atoms with van der Waals surface area (Å²) in [7, 11) is 0. The fourth-order valence-corrected chi connectivity index (χ4v) is 3.10. The van der Waals surface area contributed by atoms with Gasteiger partial charge in [0, 0.05) is 30.4 Å². The summed E-state index contributed by atoms with van der Waals surface area (Å²) in [5.41, 5.74) is 4.01. The van der Waals surface area contributed by atoms with E-state index in [1.54, 1.807) is 0 Å². The maximum absolute atomic E-state index is 3.65. The molecule has 0 amide bonds. The number of hydrogen-bond acceptors (Lipinski definition) is 2. The third-order valence-corrected chi connectivity index (χ3v) is 4.30. The highest BCUT2D eigenvalue weighted by Crippen LogP contribution is 2.31. The molecule has 2 aromatic rings. The molecule has 1 fully saturated rings. The van der Waals surface area contributed by atoms with Crippen molar-refractivity contribution in [1.29, 1.82) is 0 Å². The van der Waals surface area contributed by atoms with Crippen molar-refractivity contribution in [3.63, 3.8) is 0 Å². The molecule has 0 bridgehead atoms. The Kier molecular flexibility index (Phi) is 4.56. The molecule has 0 aromatic heterocycles. The molecule has 0 saturated carbocycles. The number of rotatable bonds is 3. The van der Waals surface area contributed by atoms with Crippen LogP contribution in [0.5, 0.6) is 0 Å². The van der Waals surface area contributed by atoms with E-state index in [4.69, 9.17) is 0 Å². The highest BCUT2D eigenvalue weighted by molar-refractivity contribution is 5.78. The maximum Gasteiger partial charge on any atom is 0.0446 e. The van der Waals surface area contributed by atoms with E-state index in [0.717, 1.165) is 19.6 Å². The van der Waals surface area contributed by atoms with Crippen molar-refractivity contribution in [1.82, 2.24) is 5.32 Å². The summed E-state index contributed by atoms with van der Waals surface area (Å²) in [4.78, 5) is 2.55. The van der Waals surface area contributed by atoms with E-state index in [1.165, 1.54) is 29.7 Å². The van der Waals surface area contributed by atoms with Crippen molar-refractivity contribution in [3.05, 3.63) is 54.6 Å². The van der Waals surface area contributed by atoms with Crippen LogP contribution in [-0.4, -0.2) is 25.7 Å². The second-order valence-electron chi connectivity index (χ2n) is 5.74. The van der Waals surface area contributed by atoms with Gasteiger partial charge >= 0.3 is 0 Å². The monoisotopic (exact) mass is 280 g/mol. The SMILES string of the molecule is CCC1CN(c2ccccc2-c2ccccc2)CCCN1. The van der Waals surface area contributed by atoms with E-state index >= 15 is 0 Å². The smallest absolute Gasteiger partial charge is 0.0446 e. The van der Waals surface area contributed by atoms with Crippen LogP contribution in [0, 0.1) is 0 Å². The lowest BCUT2D eigenvalue weighted by atomic mass is 10.0. The van der Waals surface area contributed by atoms with Crippen molar-refractivity contribution < 1.29 is 0 Å². The van der Waals surface area contributed by atoms with Gasteiger partial charge in [-0.15, -0.1) is 0 Å². The normalized spacial score (nSPS) is 19.3. The Morgan fingerprint density at radius 3 is 2.62 bits per heavy atom. The molecular weight excluding hydrogens is 256 g/mol. The van der Waals surface area contributed by atoms with Gasteiger partial charge in [0.25, 0.3) is 0 Å². The van der Waals surface area contributed by atoms with E-state index in [2.05, 4.69) is 71.7 Å². The zero-order valence-electron chi connectivity index (χ0n) is 12.8. The van der Waals surface area contributed by atoms with Gasteiger partial charge in [-0.2, -0.15) is 0 Å². The summed E-state index contributed by atoms with van der Waals surface area (Å²) < 4.78 is 0. The Bertz CT molecular complexity index is 565. The minimum Gasteiger partial charge on any atom is -0.369 e. The highest BCUT2D eigenvalue weighted by Gasteiger charge is 2.18. The van der Waals surface area contributed by atoms with Gasteiger partial charge in [0.1, 0.15) is 0 Å². The van der Waals surface area contributed by atoms with Crippen molar-refractivity contribution in [3.8, 4) is 11.1 Å². The maximum atomic E-state index is 3.65. The quantitative estimate of drug-likeness (QED) is 0.916. The van der Waals surface area contributed by atoms with Gasteiger partial charge in [0.2, 0.25) is 0 Å². The molecule has 1 N–H and O–H groups in total. The molecule has 1 atom stereocenters. The predicted octanol–water partition coefficient (Wildman–Crippen LogP) is 3.93. The summed E-state index contributed by atoms with van der Waals surface area (Å²) in [5.74, 6) is 0. The average Bonchev–Trinajstić information content (AvgIpc) is 2.81. The standard InChI is InChI=1S/C19H24N2/c1-2-17-15-21(14-8-13-20-17)19-12-7-6-11-18(19)16-9-4-3-5-10-16/h3-7,9-12,17,20H,2,8,13-15H2,1H3. The molecule has 0 radical (unpaired) electrons. The number of benzene rings is 2. The number of hydrogen-bond donors (Lipinski definition) is 1. The largest absolute Gasteiger partial charge is 0.369 e. The Hall–Kier alpha value is -1.80. The van der Waals surface area contributed by atoms with E-state index in [0.29, 0.717) is 6.04 Å². The molecule has 1 aliphatic heterocycles. The number of anilines is 1. The van der Waals surface area contributed by atoms with E-state index in [9.17, 15) is 0 Å². The fourth-order valence-electron chi connectivity index (χ4n) is 3.10. The summed E-state index contributed by atoms with van der Waals surface area (Å²) in [6.07, 6.45) is 2.39. The topological polar surface area (TPSA) is 15.3 Å². The molecule has 2 aromatic carbocycles. The first-order valence-electron chi connectivity index (χ1n) is 8.01. The number of para-hydroxylation sites is 1. The second kappa shape index (κ2) is 6.77. The molecule has 1 aliphatic rings. The molecule has 21 heavy (non-hydrogen) atoms. The van der Waals surface area contributed by atoms with Crippen LogP contribution in [-0.2, 0) is 0 Å². The number of nitrogens with zero attached hydrogens (tertiary/aromatic N) is 1. The van der Waals surface area contributed by atoms with Crippen LogP contribution in [0.15, 0.2) is 54.6 Å². The number of nitrogens with one attached hydrogen (secondary N) is 1. The first kappa shape index (κ1) is 14.2. The average molecular weight is 280 g/mol. The summed E-state index contributed by atoms with van der Waals surface area (Å²) in [6, 6.07) is 20.1. The molecule has 2 nitrogen and oxygen atoms in total. The first-order valence-corrected chi connectivity index (χ1v) is 8.01. The van der Waals surface area contributed by atoms with Crippen molar-refractivity contribution >= 4 is 5.69 Å². The van der Waals surface area contributed by atoms with Crippen LogP contribution in [0.25, 0.3) is 11.1 Å². The summed E-state index contributed by atoms with van der Waals surface area (Å²) >= 11 is 0. The molecule has 0 spiro atoms. The minimum atomic E-state index is 0.594. The van der Waals surface area contributed by atoms with Crippen LogP contribution >= 0.6 is 0 Å². The second-order valence-corrected chi connectivity index (χ2v) is 5.74. The van der Waals surface area contributed by atoms with Gasteiger partial charge in [0.15, 0.2) is 0 Å². The molecule has 3 rings (SSSR count). The lowest BCUT2D eigenvalue weighted by molar-refractivity contribution is 0.528. The molecule has 1 unspecified atom stereocenters. The fraction of sp³-hybridized carbons (Fsp3) is 0.368. The van der Waals surface area contributed by atoms with Crippen LogP contribution in [0.3, 0.4) is 0 Å². The Labute approximate surface area is 127 Å². The lowest BCUT2D eigenvalue weighted by Crippen LogP contribution is -2.37. The zero-order chi connectivity index (χ0) is 14.5. The van der Waals surface area contributed by atoms with Crippen molar-refractivity contribution in [2.24, 2.45) is 0 Å². The Morgan fingerprint density at radius 2 is 1.81 bits per heavy atom. The van der Waals surface area contributed by atoms with Gasteiger partial charge in [0.05, 0.1) is 0 Å². The first-order chi connectivity index (χ1) is 10.4. The summed E-state index contributed by atoms with van der Waals surface area (Å²) in [6.45, 7) is 5.63. The lowest BCUT2D eigenvalue weighted by Gasteiger charge is -2.28. The van der Waals surface area contributed by atoms with Gasteiger partial charge in [-0.3, -0.25) is 0 Å². The molecule has 1 saturated heterocycles. The predicted molar refractivity (Wildman–Crippen MR) is 90.8 cm³/mol. The van der Waals surface area contributed by atoms with Gasteiger partial charge in [-0.1, -0.05) is 55.5 Å². The molecule has 110 valence electrons. The molecule has 0 aliphatic carbocycles. The third-order valence-electron chi connectivity index (χ3n) is 4.30.